The summed E-state index contributed by atoms with van der Waals surface area (Å²) in [5.74, 6) is 0. The van der Waals surface area contributed by atoms with Crippen LogP contribution in [0, 0.1) is 0 Å². The quantitative estimate of drug-likeness (QED) is 0.235. The minimum absolute atomic E-state index is 1.11. The summed E-state index contributed by atoms with van der Waals surface area (Å²) >= 11 is 0. The van der Waals surface area contributed by atoms with Crippen LogP contribution in [0.1, 0.15) is 82.3 Å². The molecule has 158 valence electrons. The van der Waals surface area contributed by atoms with Crippen LogP contribution in [-0.2, 0) is 6.42 Å². The van der Waals surface area contributed by atoms with Gasteiger partial charge in [0.05, 0.1) is 5.69 Å². The Morgan fingerprint density at radius 3 is 2.00 bits per heavy atom. The molecule has 0 aliphatic rings. The molecule has 2 heteroatoms. The Labute approximate surface area is 179 Å². The lowest BCUT2D eigenvalue weighted by atomic mass is 10.0. The van der Waals surface area contributed by atoms with Gasteiger partial charge in [-0.2, -0.15) is 0 Å². The first-order valence-electron chi connectivity index (χ1n) is 11.6. The van der Waals surface area contributed by atoms with E-state index in [1.54, 1.807) is 0 Å². The number of hydrogen-bond donors (Lipinski definition) is 0. The second kappa shape index (κ2) is 14.0. The van der Waals surface area contributed by atoms with Crippen LogP contribution in [0.4, 0.5) is 11.4 Å². The second-order valence-corrected chi connectivity index (χ2v) is 8.27. The fourth-order valence-corrected chi connectivity index (χ4v) is 3.79. The molecule has 0 aromatic heterocycles. The monoisotopic (exact) mass is 392 g/mol. The maximum absolute atomic E-state index is 4.83. The van der Waals surface area contributed by atoms with E-state index in [9.17, 15) is 0 Å². The fraction of sp³-hybridized carbons (Fsp3) is 0.519. The third-order valence-corrected chi connectivity index (χ3v) is 5.55. The topological polar surface area (TPSA) is 15.6 Å². The number of para-hydroxylation sites is 2. The lowest BCUT2D eigenvalue weighted by Gasteiger charge is -2.15. The number of aliphatic imine (C=N–C) groups is 1. The highest BCUT2D eigenvalue weighted by molar-refractivity contribution is 5.89. The van der Waals surface area contributed by atoms with Gasteiger partial charge in [-0.05, 0) is 30.5 Å². The summed E-state index contributed by atoms with van der Waals surface area (Å²) in [7, 11) is 4.15. The van der Waals surface area contributed by atoms with Crippen molar-refractivity contribution in [3.8, 4) is 0 Å². The molecular formula is C27H40N2. The maximum atomic E-state index is 4.83. The largest absolute Gasteiger partial charge is 0.377 e. The molecule has 2 rings (SSSR count). The smallest absolute Gasteiger partial charge is 0.0661 e. The van der Waals surface area contributed by atoms with Gasteiger partial charge in [0, 0.05) is 31.6 Å². The Hall–Kier alpha value is -2.09. The molecule has 0 N–H and O–H groups in total. The van der Waals surface area contributed by atoms with Crippen molar-refractivity contribution in [3.63, 3.8) is 0 Å². The number of unbranched alkanes of at least 4 members (excludes halogenated alkanes) is 9. The molecule has 0 radical (unpaired) electrons. The molecule has 2 nitrogen and oxygen atoms in total. The third-order valence-electron chi connectivity index (χ3n) is 5.55. The SMILES string of the molecule is CCCCCCCCCCCCc1ccccc1/N=C\c1ccccc1N(C)C. The van der Waals surface area contributed by atoms with Crippen molar-refractivity contribution >= 4 is 17.6 Å². The van der Waals surface area contributed by atoms with Crippen LogP contribution in [0.5, 0.6) is 0 Å². The Morgan fingerprint density at radius 2 is 1.31 bits per heavy atom. The van der Waals surface area contributed by atoms with Gasteiger partial charge in [-0.15, -0.1) is 0 Å². The Kier molecular flexibility index (Phi) is 11.2. The van der Waals surface area contributed by atoms with Gasteiger partial charge in [0.15, 0.2) is 0 Å². The summed E-state index contributed by atoms with van der Waals surface area (Å²) in [6, 6.07) is 17.0. The van der Waals surface area contributed by atoms with Crippen molar-refractivity contribution < 1.29 is 0 Å². The van der Waals surface area contributed by atoms with Crippen LogP contribution in [0.2, 0.25) is 0 Å². The molecule has 2 aromatic carbocycles. The molecule has 0 aliphatic carbocycles. The molecular weight excluding hydrogens is 352 g/mol. The van der Waals surface area contributed by atoms with Gasteiger partial charge in [0.1, 0.15) is 0 Å². The van der Waals surface area contributed by atoms with Gasteiger partial charge < -0.3 is 4.90 Å². The van der Waals surface area contributed by atoms with E-state index < -0.39 is 0 Å². The van der Waals surface area contributed by atoms with Gasteiger partial charge in [0.25, 0.3) is 0 Å². The maximum Gasteiger partial charge on any atom is 0.0661 e. The number of aryl methyl sites for hydroxylation is 1. The Bertz CT molecular complexity index is 718. The van der Waals surface area contributed by atoms with Crippen LogP contribution in [0.3, 0.4) is 0 Å². The van der Waals surface area contributed by atoms with E-state index in [1.807, 2.05) is 6.21 Å². The van der Waals surface area contributed by atoms with Crippen LogP contribution < -0.4 is 4.90 Å². The molecule has 0 amide bonds. The molecule has 0 spiro atoms. The molecule has 0 bridgehead atoms. The van der Waals surface area contributed by atoms with Gasteiger partial charge in [-0.1, -0.05) is 101 Å². The van der Waals surface area contributed by atoms with Gasteiger partial charge >= 0.3 is 0 Å². The normalized spacial score (nSPS) is 11.3. The van der Waals surface area contributed by atoms with Crippen molar-refractivity contribution in [2.75, 3.05) is 19.0 Å². The summed E-state index contributed by atoms with van der Waals surface area (Å²) in [6.07, 6.45) is 16.9. The van der Waals surface area contributed by atoms with E-state index in [0.717, 1.165) is 17.7 Å². The minimum Gasteiger partial charge on any atom is -0.377 e. The van der Waals surface area contributed by atoms with Crippen LogP contribution in [0.25, 0.3) is 0 Å². The second-order valence-electron chi connectivity index (χ2n) is 8.27. The van der Waals surface area contributed by atoms with E-state index in [1.165, 1.54) is 75.5 Å². The molecule has 0 atom stereocenters. The van der Waals surface area contributed by atoms with E-state index in [4.69, 9.17) is 4.99 Å². The summed E-state index contributed by atoms with van der Waals surface area (Å²) in [5.41, 5.74) is 4.83. The molecule has 0 aliphatic heterocycles. The highest BCUT2D eigenvalue weighted by atomic mass is 15.1. The van der Waals surface area contributed by atoms with Crippen LogP contribution in [0.15, 0.2) is 53.5 Å². The average molecular weight is 393 g/mol. The van der Waals surface area contributed by atoms with E-state index >= 15 is 0 Å². The molecule has 0 heterocycles. The average Bonchev–Trinajstić information content (AvgIpc) is 2.74. The number of rotatable bonds is 14. The highest BCUT2D eigenvalue weighted by Crippen LogP contribution is 2.23. The van der Waals surface area contributed by atoms with Crippen molar-refractivity contribution in [1.29, 1.82) is 0 Å². The summed E-state index contributed by atoms with van der Waals surface area (Å²) in [4.78, 5) is 6.97. The van der Waals surface area contributed by atoms with Gasteiger partial charge in [0.2, 0.25) is 0 Å². The van der Waals surface area contributed by atoms with E-state index in [2.05, 4.69) is 74.4 Å². The minimum atomic E-state index is 1.11. The molecule has 0 saturated carbocycles. The number of nitrogens with zero attached hydrogens (tertiary/aromatic N) is 2. The fourth-order valence-electron chi connectivity index (χ4n) is 3.79. The zero-order valence-corrected chi connectivity index (χ0v) is 18.9. The predicted octanol–water partition coefficient (Wildman–Crippen LogP) is 7.97. The first kappa shape index (κ1) is 23.2. The molecule has 2 aromatic rings. The van der Waals surface area contributed by atoms with Gasteiger partial charge in [-0.25, -0.2) is 0 Å². The van der Waals surface area contributed by atoms with Crippen LogP contribution >= 0.6 is 0 Å². The highest BCUT2D eigenvalue weighted by Gasteiger charge is 2.03. The summed E-state index contributed by atoms with van der Waals surface area (Å²) in [6.45, 7) is 2.28. The summed E-state index contributed by atoms with van der Waals surface area (Å²) in [5, 5.41) is 0. The first-order chi connectivity index (χ1) is 14.2. The van der Waals surface area contributed by atoms with Crippen LogP contribution in [-0.4, -0.2) is 20.3 Å². The zero-order valence-electron chi connectivity index (χ0n) is 18.9. The lowest BCUT2D eigenvalue weighted by Crippen LogP contribution is -2.10. The summed E-state index contributed by atoms with van der Waals surface area (Å²) < 4.78 is 0. The Balaban J connectivity index is 1.78. The standard InChI is InChI=1S/C27H40N2/c1-4-5-6-7-8-9-10-11-12-13-18-24-19-14-16-21-26(24)28-23-25-20-15-17-22-27(25)29(2)3/h14-17,19-23H,4-13,18H2,1-3H3/b28-23-. The molecule has 29 heavy (non-hydrogen) atoms. The zero-order chi connectivity index (χ0) is 20.7. The lowest BCUT2D eigenvalue weighted by molar-refractivity contribution is 0.556. The first-order valence-corrected chi connectivity index (χ1v) is 11.6. The molecule has 0 saturated heterocycles. The number of hydrogen-bond acceptors (Lipinski definition) is 2. The molecule has 0 fully saturated rings. The number of benzene rings is 2. The van der Waals surface area contributed by atoms with Crippen molar-refractivity contribution in [3.05, 3.63) is 59.7 Å². The Morgan fingerprint density at radius 1 is 0.724 bits per heavy atom. The predicted molar refractivity (Wildman–Crippen MR) is 130 cm³/mol. The van der Waals surface area contributed by atoms with Crippen molar-refractivity contribution in [2.24, 2.45) is 4.99 Å². The van der Waals surface area contributed by atoms with Crippen molar-refractivity contribution in [1.82, 2.24) is 0 Å². The van der Waals surface area contributed by atoms with E-state index in [-0.39, 0.29) is 0 Å². The van der Waals surface area contributed by atoms with E-state index in [0.29, 0.717) is 0 Å². The number of anilines is 1. The third kappa shape index (κ3) is 8.85. The van der Waals surface area contributed by atoms with Gasteiger partial charge in [-0.3, -0.25) is 4.99 Å². The molecule has 0 unspecified atom stereocenters. The van der Waals surface area contributed by atoms with Crippen molar-refractivity contribution in [2.45, 2.75) is 77.6 Å².